The van der Waals surface area contributed by atoms with Gasteiger partial charge in [0.2, 0.25) is 5.91 Å². The number of likely N-dealkylation sites (tertiary alicyclic amines) is 2. The second kappa shape index (κ2) is 15.0. The normalized spacial score (nSPS) is 17.2. The molecule has 0 spiro atoms. The van der Waals surface area contributed by atoms with Gasteiger partial charge in [0.1, 0.15) is 23.2 Å². The van der Waals surface area contributed by atoms with Crippen LogP contribution in [-0.2, 0) is 20.7 Å². The minimum absolute atomic E-state index is 0.0171. The van der Waals surface area contributed by atoms with Gasteiger partial charge in [0.15, 0.2) is 0 Å². The van der Waals surface area contributed by atoms with Gasteiger partial charge in [-0.25, -0.2) is 14.0 Å². The van der Waals surface area contributed by atoms with Crippen LogP contribution in [0.25, 0.3) is 11.1 Å². The van der Waals surface area contributed by atoms with Crippen LogP contribution in [0.5, 0.6) is 5.75 Å². The van der Waals surface area contributed by atoms with E-state index in [-0.39, 0.29) is 30.6 Å². The van der Waals surface area contributed by atoms with Gasteiger partial charge in [0.05, 0.1) is 12.2 Å². The highest BCUT2D eigenvalue weighted by molar-refractivity contribution is 5.86. The Labute approximate surface area is 266 Å². The number of alkyl carbamates (subject to hydrolysis) is 1. The number of amides is 3. The topological polar surface area (TPSA) is 97.4 Å². The molecule has 2 aliphatic rings. The number of benzene rings is 2. The molecule has 246 valence electrons. The maximum Gasteiger partial charge on any atom is 0.410 e. The molecule has 2 saturated heterocycles. The number of nitrogens with zero attached hydrogens (tertiary/aromatic N) is 2. The van der Waals surface area contributed by atoms with Crippen molar-refractivity contribution in [2.24, 2.45) is 5.92 Å². The number of halogens is 1. The zero-order valence-electron chi connectivity index (χ0n) is 27.4. The summed E-state index contributed by atoms with van der Waals surface area (Å²) in [6.45, 7) is 13.5. The summed E-state index contributed by atoms with van der Waals surface area (Å²) in [5.41, 5.74) is 1.14. The fraction of sp³-hybridized carbons (Fsp3) is 0.571. The standard InChI is InChI=1S/C35H48FN3O6/c1-23(2)43-34(42)39-19-15-25(16-20-39)24(3)44-29-13-11-26(12-14-29)27-9-10-28(30(36)21-27)22-31(32(40)38-17-7-8-18-38)37-33(41)45-35(4,5)6/h9-14,21,23-25,31H,7-8,15-20,22H2,1-6H3,(H,37,41)/t24-,31?/m0/s1. The zero-order chi connectivity index (χ0) is 32.7. The van der Waals surface area contributed by atoms with E-state index < -0.39 is 23.6 Å². The molecule has 2 atom stereocenters. The molecule has 2 aliphatic heterocycles. The highest BCUT2D eigenvalue weighted by Crippen LogP contribution is 2.28. The molecular formula is C35H48FN3O6. The largest absolute Gasteiger partial charge is 0.490 e. The number of carbonyl (C=O) groups is 3. The monoisotopic (exact) mass is 625 g/mol. The van der Waals surface area contributed by atoms with Crippen LogP contribution in [0.2, 0.25) is 0 Å². The number of hydrogen-bond acceptors (Lipinski definition) is 6. The quantitative estimate of drug-likeness (QED) is 0.338. The molecule has 2 aromatic rings. The van der Waals surface area contributed by atoms with E-state index in [2.05, 4.69) is 5.32 Å². The fourth-order valence-corrected chi connectivity index (χ4v) is 5.78. The van der Waals surface area contributed by atoms with Crippen LogP contribution in [0.4, 0.5) is 14.0 Å². The van der Waals surface area contributed by atoms with Crippen LogP contribution in [0.3, 0.4) is 0 Å². The van der Waals surface area contributed by atoms with E-state index in [0.29, 0.717) is 43.2 Å². The molecule has 0 radical (unpaired) electrons. The predicted molar refractivity (Wildman–Crippen MR) is 171 cm³/mol. The molecule has 1 unspecified atom stereocenters. The molecular weight excluding hydrogens is 577 g/mol. The first kappa shape index (κ1) is 34.1. The Morgan fingerprint density at radius 3 is 2.11 bits per heavy atom. The summed E-state index contributed by atoms with van der Waals surface area (Å²) in [4.78, 5) is 41.4. The molecule has 2 aromatic carbocycles. The predicted octanol–water partition coefficient (Wildman–Crippen LogP) is 6.58. The molecule has 0 aliphatic carbocycles. The van der Waals surface area contributed by atoms with Crippen LogP contribution < -0.4 is 10.1 Å². The van der Waals surface area contributed by atoms with E-state index in [1.165, 1.54) is 6.07 Å². The molecule has 2 fully saturated rings. The second-order valence-electron chi connectivity index (χ2n) is 13.3. The first-order valence-electron chi connectivity index (χ1n) is 16.1. The van der Waals surface area contributed by atoms with E-state index in [1.54, 1.807) is 36.6 Å². The van der Waals surface area contributed by atoms with Gasteiger partial charge < -0.3 is 29.3 Å². The van der Waals surface area contributed by atoms with Crippen molar-refractivity contribution in [2.45, 2.75) is 97.5 Å². The summed E-state index contributed by atoms with van der Waals surface area (Å²) in [5.74, 6) is 0.364. The van der Waals surface area contributed by atoms with E-state index in [4.69, 9.17) is 14.2 Å². The van der Waals surface area contributed by atoms with Crippen molar-refractivity contribution in [3.63, 3.8) is 0 Å². The highest BCUT2D eigenvalue weighted by atomic mass is 19.1. The lowest BCUT2D eigenvalue weighted by Gasteiger charge is -2.34. The Hall–Kier alpha value is -3.82. The van der Waals surface area contributed by atoms with E-state index in [1.807, 2.05) is 51.1 Å². The van der Waals surface area contributed by atoms with Gasteiger partial charge in [-0.3, -0.25) is 4.79 Å². The molecule has 2 heterocycles. The van der Waals surface area contributed by atoms with Crippen LogP contribution in [0, 0.1) is 11.7 Å². The SMILES string of the molecule is CC(C)OC(=O)N1CCC([C@H](C)Oc2ccc(-c3ccc(CC(NC(=O)OC(C)(C)C)C(=O)N4CCCC4)c(F)c3)cc2)CC1. The maximum atomic E-state index is 15.4. The summed E-state index contributed by atoms with van der Waals surface area (Å²) < 4.78 is 32.3. The van der Waals surface area contributed by atoms with Gasteiger partial charge in [0, 0.05) is 32.6 Å². The lowest BCUT2D eigenvalue weighted by Crippen LogP contribution is -2.50. The lowest BCUT2D eigenvalue weighted by molar-refractivity contribution is -0.132. The Balaban J connectivity index is 1.36. The van der Waals surface area contributed by atoms with Crippen molar-refractivity contribution in [3.8, 4) is 16.9 Å². The van der Waals surface area contributed by atoms with Crippen molar-refractivity contribution in [1.29, 1.82) is 0 Å². The van der Waals surface area contributed by atoms with Crippen molar-refractivity contribution in [1.82, 2.24) is 15.1 Å². The Morgan fingerprint density at radius 1 is 0.911 bits per heavy atom. The Kier molecular flexibility index (Phi) is 11.3. The second-order valence-corrected chi connectivity index (χ2v) is 13.3. The van der Waals surface area contributed by atoms with Crippen LogP contribution in [-0.4, -0.2) is 77.9 Å². The van der Waals surface area contributed by atoms with Gasteiger partial charge in [-0.1, -0.05) is 24.3 Å². The molecule has 4 rings (SSSR count). The summed E-state index contributed by atoms with van der Waals surface area (Å²) in [5, 5.41) is 2.68. The lowest BCUT2D eigenvalue weighted by atomic mass is 9.92. The van der Waals surface area contributed by atoms with Gasteiger partial charge >= 0.3 is 12.2 Å². The first-order valence-corrected chi connectivity index (χ1v) is 16.1. The van der Waals surface area contributed by atoms with E-state index in [0.717, 1.165) is 37.0 Å². The molecule has 45 heavy (non-hydrogen) atoms. The summed E-state index contributed by atoms with van der Waals surface area (Å²) >= 11 is 0. The maximum absolute atomic E-state index is 15.4. The number of ether oxygens (including phenoxy) is 3. The average molecular weight is 626 g/mol. The molecule has 0 aromatic heterocycles. The van der Waals surface area contributed by atoms with Crippen molar-refractivity contribution >= 4 is 18.1 Å². The molecule has 1 N–H and O–H groups in total. The smallest absolute Gasteiger partial charge is 0.410 e. The average Bonchev–Trinajstić information content (AvgIpc) is 3.52. The number of rotatable bonds is 9. The third-order valence-corrected chi connectivity index (χ3v) is 8.19. The number of piperidine rings is 1. The van der Waals surface area contributed by atoms with Gasteiger partial charge in [0.25, 0.3) is 0 Å². The fourth-order valence-electron chi connectivity index (χ4n) is 5.78. The number of carbonyl (C=O) groups excluding carboxylic acids is 3. The third kappa shape index (κ3) is 9.83. The molecule has 3 amide bonds. The van der Waals surface area contributed by atoms with Gasteiger partial charge in [-0.2, -0.15) is 0 Å². The number of hydrogen-bond donors (Lipinski definition) is 1. The minimum Gasteiger partial charge on any atom is -0.490 e. The van der Waals surface area contributed by atoms with E-state index >= 15 is 4.39 Å². The van der Waals surface area contributed by atoms with Crippen LogP contribution in [0.1, 0.15) is 72.8 Å². The third-order valence-electron chi connectivity index (χ3n) is 8.19. The van der Waals surface area contributed by atoms with Crippen molar-refractivity contribution < 1.29 is 33.0 Å². The summed E-state index contributed by atoms with van der Waals surface area (Å²) in [6, 6.07) is 11.6. The van der Waals surface area contributed by atoms with Crippen LogP contribution in [0.15, 0.2) is 42.5 Å². The van der Waals surface area contributed by atoms with Crippen LogP contribution >= 0.6 is 0 Å². The summed E-state index contributed by atoms with van der Waals surface area (Å²) in [7, 11) is 0. The molecule has 10 heteroatoms. The zero-order valence-corrected chi connectivity index (χ0v) is 27.4. The molecule has 0 bridgehead atoms. The molecule has 0 saturated carbocycles. The highest BCUT2D eigenvalue weighted by Gasteiger charge is 2.31. The van der Waals surface area contributed by atoms with Crippen molar-refractivity contribution in [2.75, 3.05) is 26.2 Å². The van der Waals surface area contributed by atoms with Gasteiger partial charge in [-0.05, 0) is 108 Å². The van der Waals surface area contributed by atoms with Crippen molar-refractivity contribution in [3.05, 3.63) is 53.8 Å². The first-order chi connectivity index (χ1) is 21.3. The minimum atomic E-state index is -0.933. The Bertz CT molecular complexity index is 1310. The Morgan fingerprint density at radius 2 is 1.53 bits per heavy atom. The van der Waals surface area contributed by atoms with E-state index in [9.17, 15) is 14.4 Å². The summed E-state index contributed by atoms with van der Waals surface area (Å²) in [6.07, 6.45) is 2.40. The molecule has 9 nitrogen and oxygen atoms in total. The number of nitrogens with one attached hydrogen (secondary N) is 1. The van der Waals surface area contributed by atoms with Gasteiger partial charge in [-0.15, -0.1) is 0 Å².